The van der Waals surface area contributed by atoms with Crippen LogP contribution in [0.1, 0.15) is 27.4 Å². The number of nitrogens with one attached hydrogen (secondary N) is 1. The summed E-state index contributed by atoms with van der Waals surface area (Å²) in [7, 11) is 1.35. The quantitative estimate of drug-likeness (QED) is 0.485. The molecule has 6 heteroatoms. The van der Waals surface area contributed by atoms with Crippen LogP contribution in [-0.2, 0) is 9.53 Å². The standard InChI is InChI=1S/C23H18N2O3S/c1-28-22(27)17-12-13-18-19(14-17)29-23(24-18)25-21(26)20(15-8-4-2-5-9-15)16-10-6-3-7-11-16/h2-14,20H,1H3,(H,24,25,26). The molecule has 0 saturated heterocycles. The highest BCUT2D eigenvalue weighted by Crippen LogP contribution is 2.30. The minimum Gasteiger partial charge on any atom is -0.465 e. The normalized spacial score (nSPS) is 10.8. The first kappa shape index (κ1) is 18.8. The lowest BCUT2D eigenvalue weighted by Crippen LogP contribution is -2.22. The molecule has 1 heterocycles. The molecule has 4 aromatic rings. The summed E-state index contributed by atoms with van der Waals surface area (Å²) in [6.45, 7) is 0. The van der Waals surface area contributed by atoms with Gasteiger partial charge in [-0.25, -0.2) is 9.78 Å². The zero-order valence-electron chi connectivity index (χ0n) is 15.7. The topological polar surface area (TPSA) is 68.3 Å². The Morgan fingerprint density at radius 3 is 2.14 bits per heavy atom. The summed E-state index contributed by atoms with van der Waals surface area (Å²) in [5, 5.41) is 3.43. The zero-order chi connectivity index (χ0) is 20.2. The van der Waals surface area contributed by atoms with Crippen molar-refractivity contribution in [2.45, 2.75) is 5.92 Å². The number of benzene rings is 3. The van der Waals surface area contributed by atoms with Crippen LogP contribution >= 0.6 is 11.3 Å². The molecule has 0 saturated carbocycles. The van der Waals surface area contributed by atoms with Gasteiger partial charge in [0, 0.05) is 0 Å². The van der Waals surface area contributed by atoms with Crippen LogP contribution in [0.5, 0.6) is 0 Å². The second kappa shape index (κ2) is 8.24. The van der Waals surface area contributed by atoms with Crippen LogP contribution in [0.25, 0.3) is 10.2 Å². The minimum absolute atomic E-state index is 0.158. The van der Waals surface area contributed by atoms with Crippen molar-refractivity contribution in [3.05, 3.63) is 95.6 Å². The number of carbonyl (C=O) groups is 2. The molecule has 3 aromatic carbocycles. The summed E-state index contributed by atoms with van der Waals surface area (Å²) in [6.07, 6.45) is 0. The van der Waals surface area contributed by atoms with E-state index < -0.39 is 11.9 Å². The summed E-state index contributed by atoms with van der Waals surface area (Å²) in [5.74, 6) is -1.01. The summed E-state index contributed by atoms with van der Waals surface area (Å²) in [6, 6.07) is 24.4. The van der Waals surface area contributed by atoms with Crippen molar-refractivity contribution in [1.82, 2.24) is 4.98 Å². The number of esters is 1. The predicted octanol–water partition coefficient (Wildman–Crippen LogP) is 4.85. The van der Waals surface area contributed by atoms with Crippen LogP contribution in [0.3, 0.4) is 0 Å². The molecule has 29 heavy (non-hydrogen) atoms. The number of fused-ring (bicyclic) bond motifs is 1. The SMILES string of the molecule is COC(=O)c1ccc2nc(NC(=O)C(c3ccccc3)c3ccccc3)sc2c1. The van der Waals surface area contributed by atoms with Crippen LogP contribution in [0.15, 0.2) is 78.9 Å². The van der Waals surface area contributed by atoms with Gasteiger partial charge in [-0.3, -0.25) is 4.79 Å². The van der Waals surface area contributed by atoms with Gasteiger partial charge >= 0.3 is 5.97 Å². The van der Waals surface area contributed by atoms with E-state index >= 15 is 0 Å². The number of amides is 1. The van der Waals surface area contributed by atoms with Crippen LogP contribution in [0.2, 0.25) is 0 Å². The molecule has 0 unspecified atom stereocenters. The van der Waals surface area contributed by atoms with Crippen LogP contribution < -0.4 is 5.32 Å². The number of anilines is 1. The van der Waals surface area contributed by atoms with Gasteiger partial charge in [-0.15, -0.1) is 0 Å². The average molecular weight is 402 g/mol. The van der Waals surface area contributed by atoms with Crippen LogP contribution in [0, 0.1) is 0 Å². The maximum atomic E-state index is 13.2. The monoisotopic (exact) mass is 402 g/mol. The molecule has 0 aliphatic heterocycles. The van der Waals surface area contributed by atoms with E-state index in [0.29, 0.717) is 16.2 Å². The van der Waals surface area contributed by atoms with E-state index in [0.717, 1.165) is 15.8 Å². The molecule has 5 nitrogen and oxygen atoms in total. The molecule has 0 fully saturated rings. The van der Waals surface area contributed by atoms with Gasteiger partial charge in [0.05, 0.1) is 28.8 Å². The van der Waals surface area contributed by atoms with E-state index in [2.05, 4.69) is 10.3 Å². The van der Waals surface area contributed by atoms with E-state index in [1.165, 1.54) is 18.4 Å². The van der Waals surface area contributed by atoms with Gasteiger partial charge < -0.3 is 10.1 Å². The van der Waals surface area contributed by atoms with Gasteiger partial charge in [-0.05, 0) is 29.3 Å². The number of hydrogen-bond acceptors (Lipinski definition) is 5. The molecular weight excluding hydrogens is 384 g/mol. The van der Waals surface area contributed by atoms with Gasteiger partial charge in [-0.1, -0.05) is 72.0 Å². The largest absolute Gasteiger partial charge is 0.465 e. The number of thiazole rings is 1. The van der Waals surface area contributed by atoms with Crippen molar-refractivity contribution in [3.63, 3.8) is 0 Å². The van der Waals surface area contributed by atoms with Crippen molar-refractivity contribution >= 4 is 38.6 Å². The van der Waals surface area contributed by atoms with Gasteiger partial charge in [0.1, 0.15) is 0 Å². The zero-order valence-corrected chi connectivity index (χ0v) is 16.5. The fourth-order valence-electron chi connectivity index (χ4n) is 3.19. The Bertz CT molecular complexity index is 1120. The Labute approximate surface area is 172 Å². The predicted molar refractivity (Wildman–Crippen MR) is 114 cm³/mol. The lowest BCUT2D eigenvalue weighted by Gasteiger charge is -2.16. The maximum absolute atomic E-state index is 13.2. The molecule has 4 rings (SSSR count). The van der Waals surface area contributed by atoms with E-state index in [-0.39, 0.29) is 5.91 Å². The minimum atomic E-state index is -0.449. The number of nitrogens with zero attached hydrogens (tertiary/aromatic N) is 1. The maximum Gasteiger partial charge on any atom is 0.337 e. The highest BCUT2D eigenvalue weighted by Gasteiger charge is 2.23. The van der Waals surface area contributed by atoms with E-state index in [1.54, 1.807) is 18.2 Å². The molecule has 1 amide bonds. The third kappa shape index (κ3) is 4.02. The highest BCUT2D eigenvalue weighted by molar-refractivity contribution is 7.22. The molecule has 1 aromatic heterocycles. The number of rotatable bonds is 5. The van der Waals surface area contributed by atoms with Crippen molar-refractivity contribution in [3.8, 4) is 0 Å². The molecular formula is C23H18N2O3S. The number of carbonyl (C=O) groups excluding carboxylic acids is 2. The molecule has 0 atom stereocenters. The van der Waals surface area contributed by atoms with Gasteiger partial charge in [0.15, 0.2) is 5.13 Å². The van der Waals surface area contributed by atoms with Crippen molar-refractivity contribution < 1.29 is 14.3 Å². The molecule has 0 aliphatic rings. The Kier molecular flexibility index (Phi) is 5.35. The lowest BCUT2D eigenvalue weighted by molar-refractivity contribution is -0.116. The van der Waals surface area contributed by atoms with E-state index in [1.807, 2.05) is 60.7 Å². The van der Waals surface area contributed by atoms with Crippen molar-refractivity contribution in [2.75, 3.05) is 12.4 Å². The van der Waals surface area contributed by atoms with Crippen molar-refractivity contribution in [1.29, 1.82) is 0 Å². The molecule has 0 radical (unpaired) electrons. The lowest BCUT2D eigenvalue weighted by atomic mass is 9.90. The molecule has 0 aliphatic carbocycles. The van der Waals surface area contributed by atoms with Gasteiger partial charge in [0.25, 0.3) is 0 Å². The third-order valence-electron chi connectivity index (χ3n) is 4.57. The summed E-state index contributed by atoms with van der Waals surface area (Å²) >= 11 is 1.32. The first-order chi connectivity index (χ1) is 14.2. The third-order valence-corrected chi connectivity index (χ3v) is 5.50. The Balaban J connectivity index is 1.65. The molecule has 0 spiro atoms. The number of methoxy groups -OCH3 is 1. The second-order valence-electron chi connectivity index (χ2n) is 6.44. The van der Waals surface area contributed by atoms with Crippen LogP contribution in [0.4, 0.5) is 5.13 Å². The Hall–Kier alpha value is -3.51. The average Bonchev–Trinajstić information content (AvgIpc) is 3.16. The smallest absolute Gasteiger partial charge is 0.337 e. The van der Waals surface area contributed by atoms with Gasteiger partial charge in [-0.2, -0.15) is 0 Å². The van der Waals surface area contributed by atoms with E-state index in [4.69, 9.17) is 4.74 Å². The first-order valence-corrected chi connectivity index (χ1v) is 9.87. The molecule has 0 bridgehead atoms. The Morgan fingerprint density at radius 2 is 1.55 bits per heavy atom. The number of aromatic nitrogens is 1. The fourth-order valence-corrected chi connectivity index (χ4v) is 4.09. The highest BCUT2D eigenvalue weighted by atomic mass is 32.1. The molecule has 1 N–H and O–H groups in total. The van der Waals surface area contributed by atoms with Crippen molar-refractivity contribution in [2.24, 2.45) is 0 Å². The first-order valence-electron chi connectivity index (χ1n) is 9.05. The number of ether oxygens (including phenoxy) is 1. The van der Waals surface area contributed by atoms with E-state index in [9.17, 15) is 9.59 Å². The van der Waals surface area contributed by atoms with Gasteiger partial charge in [0.2, 0.25) is 5.91 Å². The summed E-state index contributed by atoms with van der Waals surface area (Å²) in [4.78, 5) is 29.4. The second-order valence-corrected chi connectivity index (χ2v) is 7.47. The fraction of sp³-hybridized carbons (Fsp3) is 0.0870. The Morgan fingerprint density at radius 1 is 0.931 bits per heavy atom. The number of hydrogen-bond donors (Lipinski definition) is 1. The summed E-state index contributed by atoms with van der Waals surface area (Å²) in [5.41, 5.74) is 2.98. The molecule has 144 valence electrons. The van der Waals surface area contributed by atoms with Crippen LogP contribution in [-0.4, -0.2) is 24.0 Å². The summed E-state index contributed by atoms with van der Waals surface area (Å²) < 4.78 is 5.57.